The number of rotatable bonds is 8. The number of thioether (sulfide) groups is 1. The van der Waals surface area contributed by atoms with Gasteiger partial charge in [-0.1, -0.05) is 54.2 Å². The fourth-order valence-corrected chi connectivity index (χ4v) is 3.84. The predicted molar refractivity (Wildman–Crippen MR) is 126 cm³/mol. The molecule has 2 aromatic carbocycles. The summed E-state index contributed by atoms with van der Waals surface area (Å²) in [6.07, 6.45) is 1.66. The molecule has 0 aliphatic heterocycles. The lowest BCUT2D eigenvalue weighted by Gasteiger charge is -2.07. The van der Waals surface area contributed by atoms with Crippen molar-refractivity contribution < 1.29 is 14.4 Å². The fraction of sp³-hybridized carbons (Fsp3) is 0.125. The molecule has 0 unspecified atom stereocenters. The molecule has 0 aliphatic carbocycles. The van der Waals surface area contributed by atoms with E-state index in [4.69, 9.17) is 0 Å². The number of Topliss-reactive ketones (excluding diaryl/α,β-unsaturated/α-hetero) is 1. The Labute approximate surface area is 194 Å². The van der Waals surface area contributed by atoms with Crippen molar-refractivity contribution in [2.24, 2.45) is 0 Å². The van der Waals surface area contributed by atoms with Gasteiger partial charge in [-0.3, -0.25) is 18.8 Å². The summed E-state index contributed by atoms with van der Waals surface area (Å²) in [5.41, 5.74) is 3.13. The first kappa shape index (κ1) is 22.2. The number of amides is 2. The maximum absolute atomic E-state index is 12.6. The van der Waals surface area contributed by atoms with Crippen LogP contribution in [0.2, 0.25) is 0 Å². The molecule has 0 radical (unpaired) electrons. The van der Waals surface area contributed by atoms with Crippen LogP contribution in [0.5, 0.6) is 0 Å². The lowest BCUT2D eigenvalue weighted by molar-refractivity contribution is -0.113. The Kier molecular flexibility index (Phi) is 6.80. The molecule has 0 saturated heterocycles. The molecule has 0 bridgehead atoms. The number of nitrogens with zero attached hydrogens (tertiary/aromatic N) is 3. The van der Waals surface area contributed by atoms with Gasteiger partial charge in [-0.15, -0.1) is 10.2 Å². The molecule has 2 aromatic heterocycles. The van der Waals surface area contributed by atoms with E-state index in [2.05, 4.69) is 20.8 Å². The van der Waals surface area contributed by atoms with Gasteiger partial charge in [-0.25, -0.2) is 0 Å². The number of carbonyl (C=O) groups is 3. The number of aromatic nitrogens is 3. The first-order valence-corrected chi connectivity index (χ1v) is 11.2. The Hall–Kier alpha value is -3.98. The Morgan fingerprint density at radius 3 is 2.55 bits per heavy atom. The van der Waals surface area contributed by atoms with Gasteiger partial charge >= 0.3 is 0 Å². The van der Waals surface area contributed by atoms with Crippen LogP contribution in [0.4, 0.5) is 5.69 Å². The highest BCUT2D eigenvalue weighted by molar-refractivity contribution is 7.99. The number of fused-ring (bicyclic) bond motifs is 1. The molecule has 0 spiro atoms. The summed E-state index contributed by atoms with van der Waals surface area (Å²) in [4.78, 5) is 36.5. The van der Waals surface area contributed by atoms with Gasteiger partial charge in [0.05, 0.1) is 11.3 Å². The number of hydrogen-bond acceptors (Lipinski definition) is 6. The smallest absolute Gasteiger partial charge is 0.253 e. The van der Waals surface area contributed by atoms with E-state index in [1.807, 2.05) is 30.3 Å². The average molecular weight is 460 g/mol. The Morgan fingerprint density at radius 2 is 1.76 bits per heavy atom. The number of benzene rings is 2. The van der Waals surface area contributed by atoms with Gasteiger partial charge in [0.15, 0.2) is 16.6 Å². The van der Waals surface area contributed by atoms with Crippen LogP contribution < -0.4 is 10.6 Å². The predicted octanol–water partition coefficient (Wildman–Crippen LogP) is 3.59. The Morgan fingerprint density at radius 1 is 0.939 bits per heavy atom. The van der Waals surface area contributed by atoms with Gasteiger partial charge in [0, 0.05) is 24.0 Å². The van der Waals surface area contributed by atoms with Crippen molar-refractivity contribution in [1.82, 2.24) is 19.9 Å². The van der Waals surface area contributed by atoms with Gasteiger partial charge < -0.3 is 10.6 Å². The lowest BCUT2D eigenvalue weighted by atomic mass is 10.1. The van der Waals surface area contributed by atoms with E-state index in [-0.39, 0.29) is 23.4 Å². The first-order chi connectivity index (χ1) is 16.0. The second kappa shape index (κ2) is 10.1. The van der Waals surface area contributed by atoms with Crippen molar-refractivity contribution in [3.8, 4) is 0 Å². The Bertz CT molecular complexity index is 1320. The van der Waals surface area contributed by atoms with Gasteiger partial charge in [0.2, 0.25) is 5.91 Å². The van der Waals surface area contributed by atoms with Crippen molar-refractivity contribution in [2.45, 2.75) is 18.6 Å². The van der Waals surface area contributed by atoms with Gasteiger partial charge in [-0.05, 0) is 36.8 Å². The second-order valence-corrected chi connectivity index (χ2v) is 8.21. The minimum absolute atomic E-state index is 0.0704. The lowest BCUT2D eigenvalue weighted by Crippen LogP contribution is -2.23. The summed E-state index contributed by atoms with van der Waals surface area (Å²) in [6, 6.07) is 19.8. The van der Waals surface area contributed by atoms with Crippen molar-refractivity contribution >= 4 is 40.7 Å². The third kappa shape index (κ3) is 5.64. The third-order valence-electron chi connectivity index (χ3n) is 4.81. The number of ketones is 1. The Balaban J connectivity index is 1.40. The quantitative estimate of drug-likeness (QED) is 0.308. The molecule has 4 rings (SSSR count). The summed E-state index contributed by atoms with van der Waals surface area (Å²) in [5.74, 6) is -0.433. The topological polar surface area (TPSA) is 105 Å². The largest absolute Gasteiger partial charge is 0.348 e. The monoisotopic (exact) mass is 459 g/mol. The molecule has 4 aromatic rings. The van der Waals surface area contributed by atoms with E-state index in [0.717, 1.165) is 5.56 Å². The van der Waals surface area contributed by atoms with E-state index in [0.29, 0.717) is 34.2 Å². The van der Waals surface area contributed by atoms with Crippen LogP contribution in [0, 0.1) is 0 Å². The highest BCUT2D eigenvalue weighted by Gasteiger charge is 2.13. The molecule has 8 nitrogen and oxygen atoms in total. The van der Waals surface area contributed by atoms with E-state index in [1.165, 1.54) is 18.7 Å². The van der Waals surface area contributed by atoms with Crippen LogP contribution in [0.15, 0.2) is 78.1 Å². The fourth-order valence-electron chi connectivity index (χ4n) is 3.13. The highest BCUT2D eigenvalue weighted by Crippen LogP contribution is 2.19. The number of anilines is 1. The summed E-state index contributed by atoms with van der Waals surface area (Å²) in [5, 5.41) is 14.4. The van der Waals surface area contributed by atoms with Crippen LogP contribution in [-0.4, -0.2) is 37.9 Å². The summed E-state index contributed by atoms with van der Waals surface area (Å²) >= 11 is 1.20. The number of hydrogen-bond donors (Lipinski definition) is 2. The van der Waals surface area contributed by atoms with Crippen LogP contribution in [0.25, 0.3) is 5.65 Å². The van der Waals surface area contributed by atoms with Crippen molar-refractivity contribution in [3.63, 3.8) is 0 Å². The summed E-state index contributed by atoms with van der Waals surface area (Å²) in [7, 11) is 0. The zero-order valence-electron chi connectivity index (χ0n) is 17.8. The molecular weight excluding hydrogens is 438 g/mol. The zero-order chi connectivity index (χ0) is 23.2. The first-order valence-electron chi connectivity index (χ1n) is 10.2. The SMILES string of the molecule is CC(=O)c1cccc(NC(=O)CSc2nnc3ccc(C(=O)NCc4ccccc4)cn23)c1. The van der Waals surface area contributed by atoms with E-state index in [9.17, 15) is 14.4 Å². The van der Waals surface area contributed by atoms with E-state index in [1.54, 1.807) is 47.0 Å². The molecular formula is C24H21N5O3S. The molecule has 0 atom stereocenters. The average Bonchev–Trinajstić information content (AvgIpc) is 3.24. The molecule has 2 amide bonds. The van der Waals surface area contributed by atoms with Gasteiger partial charge in [-0.2, -0.15) is 0 Å². The molecule has 0 aliphatic rings. The van der Waals surface area contributed by atoms with Crippen LogP contribution in [0.3, 0.4) is 0 Å². The van der Waals surface area contributed by atoms with Gasteiger partial charge in [0.1, 0.15) is 0 Å². The third-order valence-corrected chi connectivity index (χ3v) is 5.76. The van der Waals surface area contributed by atoms with Crippen molar-refractivity contribution in [3.05, 3.63) is 89.6 Å². The van der Waals surface area contributed by atoms with Crippen LogP contribution in [0.1, 0.15) is 33.2 Å². The zero-order valence-corrected chi connectivity index (χ0v) is 18.6. The molecule has 2 heterocycles. The minimum atomic E-state index is -0.241. The molecule has 0 fully saturated rings. The summed E-state index contributed by atoms with van der Waals surface area (Å²) < 4.78 is 1.69. The molecule has 9 heteroatoms. The number of nitrogens with one attached hydrogen (secondary N) is 2. The molecule has 2 N–H and O–H groups in total. The maximum Gasteiger partial charge on any atom is 0.253 e. The van der Waals surface area contributed by atoms with Gasteiger partial charge in [0.25, 0.3) is 5.91 Å². The molecule has 166 valence electrons. The highest BCUT2D eigenvalue weighted by atomic mass is 32.2. The van der Waals surface area contributed by atoms with Crippen LogP contribution in [-0.2, 0) is 11.3 Å². The molecule has 0 saturated carbocycles. The number of pyridine rings is 1. The minimum Gasteiger partial charge on any atom is -0.348 e. The van der Waals surface area contributed by atoms with Crippen molar-refractivity contribution in [2.75, 3.05) is 11.1 Å². The van der Waals surface area contributed by atoms with E-state index < -0.39 is 0 Å². The number of carbonyl (C=O) groups excluding carboxylic acids is 3. The van der Waals surface area contributed by atoms with Crippen molar-refractivity contribution in [1.29, 1.82) is 0 Å². The summed E-state index contributed by atoms with van der Waals surface area (Å²) in [6.45, 7) is 1.90. The second-order valence-electron chi connectivity index (χ2n) is 7.27. The van der Waals surface area contributed by atoms with Crippen LogP contribution >= 0.6 is 11.8 Å². The molecule has 33 heavy (non-hydrogen) atoms. The standard InChI is InChI=1S/C24H21N5O3S/c1-16(30)18-8-5-9-20(12-18)26-22(31)15-33-24-28-27-21-11-10-19(14-29(21)24)23(32)25-13-17-6-3-2-4-7-17/h2-12,14H,13,15H2,1H3,(H,25,32)(H,26,31). The normalized spacial score (nSPS) is 10.7. The van der Waals surface area contributed by atoms with E-state index >= 15 is 0 Å². The maximum atomic E-state index is 12.6.